The van der Waals surface area contributed by atoms with Gasteiger partial charge in [0.15, 0.2) is 0 Å². The van der Waals surface area contributed by atoms with Gasteiger partial charge in [-0.3, -0.25) is 9.59 Å². The summed E-state index contributed by atoms with van der Waals surface area (Å²) < 4.78 is 0. The molecule has 1 aromatic heterocycles. The molecular weight excluding hydrogens is 262 g/mol. The van der Waals surface area contributed by atoms with Crippen molar-refractivity contribution < 1.29 is 9.59 Å². The Balaban J connectivity index is 3.11. The number of halogens is 1. The number of aromatic nitrogens is 2. The van der Waals surface area contributed by atoms with E-state index < -0.39 is 11.8 Å². The molecule has 80 valence electrons. The zero-order chi connectivity index (χ0) is 11.4. The summed E-state index contributed by atoms with van der Waals surface area (Å²) in [7, 11) is 0. The lowest BCUT2D eigenvalue weighted by molar-refractivity contribution is -0.124. The Hall–Kier alpha value is -1.30. The van der Waals surface area contributed by atoms with Crippen molar-refractivity contribution in [2.75, 3.05) is 4.90 Å². The molecule has 0 bridgehead atoms. The number of nitrogens with zero attached hydrogens (tertiary/aromatic N) is 3. The van der Waals surface area contributed by atoms with Gasteiger partial charge in [0, 0.05) is 25.4 Å². The summed E-state index contributed by atoms with van der Waals surface area (Å²) in [6.45, 7) is 2.59. The summed E-state index contributed by atoms with van der Waals surface area (Å²) in [6.07, 6.45) is 1.51. The Kier molecular flexibility index (Phi) is 3.90. The molecule has 5 nitrogen and oxygen atoms in total. The summed E-state index contributed by atoms with van der Waals surface area (Å²) in [5.41, 5.74) is 0.715. The third kappa shape index (κ3) is 2.82. The molecule has 0 N–H and O–H groups in total. The number of carbonyl (C=O) groups is 2. The number of alkyl halides is 1. The molecule has 1 heterocycles. The highest BCUT2D eigenvalue weighted by molar-refractivity contribution is 9.08. The van der Waals surface area contributed by atoms with E-state index in [1.807, 2.05) is 0 Å². The Morgan fingerprint density at radius 2 is 2.00 bits per heavy atom. The van der Waals surface area contributed by atoms with Crippen LogP contribution in [0.15, 0.2) is 12.3 Å². The van der Waals surface area contributed by atoms with Crippen molar-refractivity contribution in [1.82, 2.24) is 9.97 Å². The molecule has 0 aliphatic rings. The van der Waals surface area contributed by atoms with Crippen molar-refractivity contribution in [3.63, 3.8) is 0 Å². The maximum Gasteiger partial charge on any atom is 0.239 e. The topological polar surface area (TPSA) is 63.2 Å². The van der Waals surface area contributed by atoms with E-state index in [1.165, 1.54) is 20.0 Å². The van der Waals surface area contributed by atoms with Gasteiger partial charge in [0.1, 0.15) is 0 Å². The van der Waals surface area contributed by atoms with Crippen LogP contribution in [0.1, 0.15) is 19.5 Å². The van der Waals surface area contributed by atoms with Gasteiger partial charge in [-0.05, 0) is 6.07 Å². The molecule has 6 heteroatoms. The summed E-state index contributed by atoms with van der Waals surface area (Å²) in [6, 6.07) is 1.71. The Morgan fingerprint density at radius 1 is 1.40 bits per heavy atom. The lowest BCUT2D eigenvalue weighted by Gasteiger charge is -2.14. The molecule has 0 aliphatic heterocycles. The fourth-order valence-electron chi connectivity index (χ4n) is 1.07. The highest BCUT2D eigenvalue weighted by Crippen LogP contribution is 2.10. The van der Waals surface area contributed by atoms with Gasteiger partial charge in [0.25, 0.3) is 0 Å². The van der Waals surface area contributed by atoms with Crippen LogP contribution in [0.25, 0.3) is 0 Å². The van der Waals surface area contributed by atoms with Gasteiger partial charge in [0.05, 0.1) is 5.69 Å². The Morgan fingerprint density at radius 3 is 2.47 bits per heavy atom. The van der Waals surface area contributed by atoms with Crippen molar-refractivity contribution in [2.24, 2.45) is 0 Å². The second-order valence-electron chi connectivity index (χ2n) is 2.86. The van der Waals surface area contributed by atoms with Gasteiger partial charge in [-0.15, -0.1) is 0 Å². The number of carbonyl (C=O) groups excluding carboxylic acids is 2. The van der Waals surface area contributed by atoms with Crippen LogP contribution in [-0.4, -0.2) is 21.8 Å². The van der Waals surface area contributed by atoms with E-state index in [2.05, 4.69) is 25.9 Å². The molecule has 0 saturated heterocycles. The van der Waals surface area contributed by atoms with E-state index in [9.17, 15) is 9.59 Å². The molecule has 2 amide bonds. The van der Waals surface area contributed by atoms with Crippen LogP contribution in [-0.2, 0) is 14.9 Å². The molecule has 0 aromatic carbocycles. The smallest absolute Gasteiger partial charge is 0.239 e. The third-order valence-electron chi connectivity index (χ3n) is 1.67. The molecule has 0 fully saturated rings. The van der Waals surface area contributed by atoms with Gasteiger partial charge >= 0.3 is 0 Å². The molecule has 0 radical (unpaired) electrons. The number of hydrogen-bond acceptors (Lipinski definition) is 4. The fraction of sp³-hybridized carbons (Fsp3) is 0.333. The minimum Gasteiger partial charge on any atom is -0.274 e. The molecule has 0 spiro atoms. The standard InChI is InChI=1S/C9H10BrN3O2/c1-6(14)13(7(2)15)9-11-4-3-8(5-10)12-9/h3-4H,5H2,1-2H3. The van der Waals surface area contributed by atoms with Gasteiger partial charge in [-0.2, -0.15) is 0 Å². The zero-order valence-corrected chi connectivity index (χ0v) is 9.98. The number of anilines is 1. The summed E-state index contributed by atoms with van der Waals surface area (Å²) >= 11 is 3.24. The second-order valence-corrected chi connectivity index (χ2v) is 3.42. The normalized spacial score (nSPS) is 9.80. The van der Waals surface area contributed by atoms with Crippen LogP contribution < -0.4 is 4.90 Å². The highest BCUT2D eigenvalue weighted by atomic mass is 79.9. The predicted octanol–water partition coefficient (Wildman–Crippen LogP) is 1.27. The van der Waals surface area contributed by atoms with Gasteiger partial charge in [-0.1, -0.05) is 15.9 Å². The lowest BCUT2D eigenvalue weighted by Crippen LogP contribution is -2.34. The molecule has 0 atom stereocenters. The van der Waals surface area contributed by atoms with Crippen LogP contribution in [0.5, 0.6) is 0 Å². The zero-order valence-electron chi connectivity index (χ0n) is 8.40. The quantitative estimate of drug-likeness (QED) is 0.760. The first-order valence-corrected chi connectivity index (χ1v) is 5.37. The predicted molar refractivity (Wildman–Crippen MR) is 58.5 cm³/mol. The molecule has 1 aromatic rings. The summed E-state index contributed by atoms with van der Waals surface area (Å²) in [4.78, 5) is 31.3. The van der Waals surface area contributed by atoms with Crippen LogP contribution >= 0.6 is 15.9 Å². The number of hydrogen-bond donors (Lipinski definition) is 0. The minimum atomic E-state index is -0.394. The number of amides is 2. The largest absolute Gasteiger partial charge is 0.274 e. The van der Waals surface area contributed by atoms with E-state index in [-0.39, 0.29) is 5.95 Å². The van der Waals surface area contributed by atoms with Crippen molar-refractivity contribution in [1.29, 1.82) is 0 Å². The summed E-state index contributed by atoms with van der Waals surface area (Å²) in [5, 5.41) is 0.548. The molecule has 0 unspecified atom stereocenters. The molecule has 0 aliphatic carbocycles. The monoisotopic (exact) mass is 271 g/mol. The maximum absolute atomic E-state index is 11.2. The molecule has 1 rings (SSSR count). The van der Waals surface area contributed by atoms with Crippen molar-refractivity contribution >= 4 is 33.7 Å². The average molecular weight is 272 g/mol. The molecular formula is C9H10BrN3O2. The van der Waals surface area contributed by atoms with Crippen molar-refractivity contribution in [2.45, 2.75) is 19.2 Å². The van der Waals surface area contributed by atoms with E-state index in [4.69, 9.17) is 0 Å². The third-order valence-corrected chi connectivity index (χ3v) is 2.24. The van der Waals surface area contributed by atoms with Crippen LogP contribution in [0.3, 0.4) is 0 Å². The number of rotatable bonds is 2. The summed E-state index contributed by atoms with van der Waals surface area (Å²) in [5.74, 6) is -0.671. The fourth-order valence-corrected chi connectivity index (χ4v) is 1.38. The average Bonchev–Trinajstić information content (AvgIpc) is 2.17. The van der Waals surface area contributed by atoms with E-state index >= 15 is 0 Å². The van der Waals surface area contributed by atoms with E-state index in [0.29, 0.717) is 11.0 Å². The highest BCUT2D eigenvalue weighted by Gasteiger charge is 2.18. The Labute approximate surface area is 95.6 Å². The van der Waals surface area contributed by atoms with Crippen LogP contribution in [0.2, 0.25) is 0 Å². The number of imide groups is 1. The van der Waals surface area contributed by atoms with Crippen LogP contribution in [0, 0.1) is 0 Å². The first kappa shape index (κ1) is 11.8. The van der Waals surface area contributed by atoms with Crippen LogP contribution in [0.4, 0.5) is 5.95 Å². The van der Waals surface area contributed by atoms with Crippen molar-refractivity contribution in [3.8, 4) is 0 Å². The first-order chi connectivity index (χ1) is 7.06. The van der Waals surface area contributed by atoms with Gasteiger partial charge < -0.3 is 0 Å². The molecule has 0 saturated carbocycles. The lowest BCUT2D eigenvalue weighted by atomic mass is 10.4. The first-order valence-electron chi connectivity index (χ1n) is 4.25. The van der Waals surface area contributed by atoms with Gasteiger partial charge in [0.2, 0.25) is 17.8 Å². The molecule has 15 heavy (non-hydrogen) atoms. The SMILES string of the molecule is CC(=O)N(C(C)=O)c1nccc(CBr)n1. The minimum absolute atomic E-state index is 0.118. The Bertz CT molecular complexity index is 381. The van der Waals surface area contributed by atoms with Gasteiger partial charge in [-0.25, -0.2) is 14.9 Å². The van der Waals surface area contributed by atoms with E-state index in [1.54, 1.807) is 6.07 Å². The van der Waals surface area contributed by atoms with Crippen molar-refractivity contribution in [3.05, 3.63) is 18.0 Å². The maximum atomic E-state index is 11.2. The van der Waals surface area contributed by atoms with E-state index in [0.717, 1.165) is 4.90 Å². The second kappa shape index (κ2) is 4.97.